The van der Waals surface area contributed by atoms with Gasteiger partial charge in [0.1, 0.15) is 0 Å². The molecular weight excluding hydrogens is 274 g/mol. The molecule has 2 heterocycles. The van der Waals surface area contributed by atoms with Crippen molar-refractivity contribution >= 4 is 23.2 Å². The molecule has 6 heteroatoms. The minimum absolute atomic E-state index is 0.00945. The van der Waals surface area contributed by atoms with Gasteiger partial charge >= 0.3 is 0 Å². The third kappa shape index (κ3) is 4.81. The third-order valence-corrected chi connectivity index (χ3v) is 3.45. The maximum absolute atomic E-state index is 11.6. The van der Waals surface area contributed by atoms with E-state index in [1.807, 2.05) is 29.6 Å². The Balaban J connectivity index is 1.66. The van der Waals surface area contributed by atoms with Gasteiger partial charge in [0.15, 0.2) is 0 Å². The van der Waals surface area contributed by atoms with Gasteiger partial charge in [0, 0.05) is 23.8 Å². The predicted octanol–water partition coefficient (Wildman–Crippen LogP) is 1.12. The van der Waals surface area contributed by atoms with Gasteiger partial charge in [-0.25, -0.2) is 0 Å². The summed E-state index contributed by atoms with van der Waals surface area (Å²) in [6.07, 6.45) is 3.68. The zero-order chi connectivity index (χ0) is 14.2. The molecule has 2 amide bonds. The molecule has 0 bridgehead atoms. The van der Waals surface area contributed by atoms with Crippen LogP contribution in [-0.4, -0.2) is 23.3 Å². The molecule has 0 aromatic carbocycles. The molecule has 0 fully saturated rings. The van der Waals surface area contributed by atoms with E-state index >= 15 is 0 Å². The van der Waals surface area contributed by atoms with Crippen LogP contribution in [0, 0.1) is 0 Å². The molecule has 0 radical (unpaired) electrons. The lowest BCUT2D eigenvalue weighted by Crippen LogP contribution is -2.37. The molecule has 0 saturated carbocycles. The Morgan fingerprint density at radius 1 is 1.15 bits per heavy atom. The van der Waals surface area contributed by atoms with Crippen LogP contribution in [0.3, 0.4) is 0 Å². The molecule has 0 atom stereocenters. The van der Waals surface area contributed by atoms with Crippen molar-refractivity contribution in [1.29, 1.82) is 0 Å². The van der Waals surface area contributed by atoms with Crippen LogP contribution in [0.2, 0.25) is 0 Å². The quantitative estimate of drug-likeness (QED) is 0.837. The van der Waals surface area contributed by atoms with Gasteiger partial charge in [0.25, 0.3) is 0 Å². The van der Waals surface area contributed by atoms with Crippen molar-refractivity contribution in [3.8, 4) is 0 Å². The minimum Gasteiger partial charge on any atom is -0.350 e. The first-order chi connectivity index (χ1) is 9.74. The second kappa shape index (κ2) is 7.40. The van der Waals surface area contributed by atoms with E-state index in [-0.39, 0.29) is 18.4 Å². The van der Waals surface area contributed by atoms with Crippen LogP contribution in [0.1, 0.15) is 10.4 Å². The van der Waals surface area contributed by atoms with E-state index in [9.17, 15) is 9.59 Å². The normalized spacial score (nSPS) is 10.0. The number of hydrogen-bond donors (Lipinski definition) is 2. The van der Waals surface area contributed by atoms with E-state index in [1.165, 1.54) is 11.3 Å². The lowest BCUT2D eigenvalue weighted by atomic mass is 10.3. The van der Waals surface area contributed by atoms with Gasteiger partial charge in [-0.15, -0.1) is 11.3 Å². The number of aromatic nitrogens is 1. The minimum atomic E-state index is -0.214. The SMILES string of the molecule is O=C(CNC(=O)Cc1cccs1)NCc1cccnc1. The average molecular weight is 289 g/mol. The maximum Gasteiger partial charge on any atom is 0.239 e. The van der Waals surface area contributed by atoms with Crippen LogP contribution in [0.5, 0.6) is 0 Å². The van der Waals surface area contributed by atoms with Gasteiger partial charge in [-0.2, -0.15) is 0 Å². The largest absolute Gasteiger partial charge is 0.350 e. The van der Waals surface area contributed by atoms with Crippen molar-refractivity contribution in [2.45, 2.75) is 13.0 Å². The Bertz CT molecular complexity index is 555. The zero-order valence-corrected chi connectivity index (χ0v) is 11.7. The van der Waals surface area contributed by atoms with Crippen molar-refractivity contribution in [2.75, 3.05) is 6.54 Å². The standard InChI is InChI=1S/C14H15N3O2S/c18-13(7-12-4-2-6-20-12)17-10-14(19)16-9-11-3-1-5-15-8-11/h1-6,8H,7,9-10H2,(H,16,19)(H,17,18). The molecule has 0 unspecified atom stereocenters. The van der Waals surface area contributed by atoms with E-state index < -0.39 is 0 Å². The lowest BCUT2D eigenvalue weighted by molar-refractivity contribution is -0.125. The second-order valence-electron chi connectivity index (χ2n) is 4.17. The summed E-state index contributed by atoms with van der Waals surface area (Å²) in [5, 5.41) is 7.24. The van der Waals surface area contributed by atoms with Gasteiger partial charge < -0.3 is 10.6 Å². The highest BCUT2D eigenvalue weighted by Crippen LogP contribution is 2.08. The Labute approximate surface area is 121 Å². The van der Waals surface area contributed by atoms with E-state index in [1.54, 1.807) is 12.4 Å². The van der Waals surface area contributed by atoms with E-state index in [4.69, 9.17) is 0 Å². The molecule has 0 aliphatic rings. The summed E-state index contributed by atoms with van der Waals surface area (Å²) >= 11 is 1.52. The van der Waals surface area contributed by atoms with Gasteiger partial charge in [0.05, 0.1) is 13.0 Å². The fourth-order valence-electron chi connectivity index (χ4n) is 1.58. The number of rotatable bonds is 6. The highest BCUT2D eigenvalue weighted by Gasteiger charge is 2.06. The first-order valence-corrected chi connectivity index (χ1v) is 7.06. The van der Waals surface area contributed by atoms with Crippen molar-refractivity contribution in [3.63, 3.8) is 0 Å². The van der Waals surface area contributed by atoms with Gasteiger partial charge in [-0.1, -0.05) is 12.1 Å². The van der Waals surface area contributed by atoms with Crippen molar-refractivity contribution in [1.82, 2.24) is 15.6 Å². The number of nitrogens with one attached hydrogen (secondary N) is 2. The molecule has 20 heavy (non-hydrogen) atoms. The second-order valence-corrected chi connectivity index (χ2v) is 5.20. The highest BCUT2D eigenvalue weighted by atomic mass is 32.1. The molecule has 2 aromatic rings. The number of pyridine rings is 1. The van der Waals surface area contributed by atoms with E-state index in [0.29, 0.717) is 13.0 Å². The Hall–Kier alpha value is -2.21. The van der Waals surface area contributed by atoms with Crippen molar-refractivity contribution < 1.29 is 9.59 Å². The van der Waals surface area contributed by atoms with Gasteiger partial charge in [-0.05, 0) is 23.1 Å². The number of carbonyl (C=O) groups is 2. The summed E-state index contributed by atoms with van der Waals surface area (Å²) in [6, 6.07) is 7.48. The first-order valence-electron chi connectivity index (χ1n) is 6.19. The summed E-state index contributed by atoms with van der Waals surface area (Å²) in [7, 11) is 0. The van der Waals surface area contributed by atoms with Crippen molar-refractivity contribution in [2.24, 2.45) is 0 Å². The summed E-state index contributed by atoms with van der Waals surface area (Å²) in [5.74, 6) is -0.364. The number of carbonyl (C=O) groups excluding carboxylic acids is 2. The van der Waals surface area contributed by atoms with Crippen LogP contribution < -0.4 is 10.6 Å². The number of nitrogens with zero attached hydrogens (tertiary/aromatic N) is 1. The molecule has 104 valence electrons. The average Bonchev–Trinajstić information content (AvgIpc) is 2.97. The van der Waals surface area contributed by atoms with Crippen LogP contribution >= 0.6 is 11.3 Å². The predicted molar refractivity (Wildman–Crippen MR) is 77.1 cm³/mol. The van der Waals surface area contributed by atoms with E-state index in [0.717, 1.165) is 10.4 Å². The molecule has 0 spiro atoms. The van der Waals surface area contributed by atoms with Crippen LogP contribution in [0.15, 0.2) is 42.0 Å². The van der Waals surface area contributed by atoms with Crippen LogP contribution in [0.25, 0.3) is 0 Å². The van der Waals surface area contributed by atoms with E-state index in [2.05, 4.69) is 15.6 Å². The van der Waals surface area contributed by atoms with Gasteiger partial charge in [0.2, 0.25) is 11.8 Å². The number of hydrogen-bond acceptors (Lipinski definition) is 4. The topological polar surface area (TPSA) is 71.1 Å². The Morgan fingerprint density at radius 2 is 2.05 bits per heavy atom. The number of amides is 2. The lowest BCUT2D eigenvalue weighted by Gasteiger charge is -2.06. The van der Waals surface area contributed by atoms with Gasteiger partial charge in [-0.3, -0.25) is 14.6 Å². The fourth-order valence-corrected chi connectivity index (χ4v) is 2.28. The molecule has 0 aliphatic heterocycles. The summed E-state index contributed by atoms with van der Waals surface area (Å²) in [4.78, 5) is 28.1. The molecule has 0 aliphatic carbocycles. The van der Waals surface area contributed by atoms with Crippen LogP contribution in [-0.2, 0) is 22.6 Å². The molecule has 2 N–H and O–H groups in total. The fraction of sp³-hybridized carbons (Fsp3) is 0.214. The Kier molecular flexibility index (Phi) is 5.25. The molecule has 2 rings (SSSR count). The monoisotopic (exact) mass is 289 g/mol. The van der Waals surface area contributed by atoms with Crippen LogP contribution in [0.4, 0.5) is 0 Å². The summed E-state index contributed by atoms with van der Waals surface area (Å²) in [6.45, 7) is 0.401. The first kappa shape index (κ1) is 14.2. The third-order valence-electron chi connectivity index (χ3n) is 2.57. The Morgan fingerprint density at radius 3 is 2.75 bits per heavy atom. The highest BCUT2D eigenvalue weighted by molar-refractivity contribution is 7.10. The number of thiophene rings is 1. The smallest absolute Gasteiger partial charge is 0.239 e. The molecule has 2 aromatic heterocycles. The summed E-state index contributed by atoms with van der Waals surface area (Å²) in [5.41, 5.74) is 0.922. The van der Waals surface area contributed by atoms with Crippen molar-refractivity contribution in [3.05, 3.63) is 52.5 Å². The molecular formula is C14H15N3O2S. The molecule has 5 nitrogen and oxygen atoms in total. The molecule has 0 saturated heterocycles. The zero-order valence-electron chi connectivity index (χ0n) is 10.8. The summed E-state index contributed by atoms with van der Waals surface area (Å²) < 4.78 is 0. The maximum atomic E-state index is 11.6.